The first-order valence-electron chi connectivity index (χ1n) is 3.42. The van der Waals surface area contributed by atoms with Gasteiger partial charge < -0.3 is 9.54 Å². The zero-order valence-corrected chi connectivity index (χ0v) is 7.89. The largest absolute Gasteiger partial charge is 0.345 e. The first kappa shape index (κ1) is 8.68. The Morgan fingerprint density at radius 1 is 1.62 bits per heavy atom. The summed E-state index contributed by atoms with van der Waals surface area (Å²) in [6, 6.07) is 1.58. The average molecular weight is 217 g/mol. The molecule has 0 saturated carbocycles. The van der Waals surface area contributed by atoms with Crippen molar-refractivity contribution in [2.45, 2.75) is 4.90 Å². The van der Waals surface area contributed by atoms with Crippen molar-refractivity contribution in [2.24, 2.45) is 0 Å². The number of H-pyrrole nitrogens is 1. The maximum Gasteiger partial charge on any atom is 0.188 e. The smallest absolute Gasteiger partial charge is 0.188 e. The molecule has 2 aromatic heterocycles. The molecule has 0 aromatic carbocycles. The maximum atomic E-state index is 10.8. The minimum atomic E-state index is -2.04. The molecule has 1 atom stereocenters. The fourth-order valence-electron chi connectivity index (χ4n) is 1.13. The van der Waals surface area contributed by atoms with E-state index in [1.54, 1.807) is 6.07 Å². The van der Waals surface area contributed by atoms with Crippen LogP contribution in [0.2, 0.25) is 5.02 Å². The summed E-state index contributed by atoms with van der Waals surface area (Å²) in [6.45, 7) is 0. The Morgan fingerprint density at radius 3 is 3.08 bits per heavy atom. The fourth-order valence-corrected chi connectivity index (χ4v) is 1.97. The highest BCUT2D eigenvalue weighted by Crippen LogP contribution is 2.26. The van der Waals surface area contributed by atoms with Gasteiger partial charge in [-0.3, -0.25) is 0 Å². The van der Waals surface area contributed by atoms with Gasteiger partial charge >= 0.3 is 0 Å². The van der Waals surface area contributed by atoms with Gasteiger partial charge in [0.05, 0.1) is 15.3 Å². The second-order valence-corrected chi connectivity index (χ2v) is 3.76. The fraction of sp³-hybridized carbons (Fsp3) is 0. The third-order valence-electron chi connectivity index (χ3n) is 1.67. The molecule has 0 aliphatic heterocycles. The Bertz CT molecular complexity index is 482. The van der Waals surface area contributed by atoms with Gasteiger partial charge in [-0.25, -0.2) is 9.19 Å². The van der Waals surface area contributed by atoms with Gasteiger partial charge in [0.25, 0.3) is 0 Å². The molecule has 2 rings (SSSR count). The van der Waals surface area contributed by atoms with Crippen molar-refractivity contribution in [3.63, 3.8) is 0 Å². The third-order valence-corrected chi connectivity index (χ3v) is 2.69. The zero-order chi connectivity index (χ0) is 9.42. The van der Waals surface area contributed by atoms with E-state index in [1.807, 2.05) is 0 Å². The monoisotopic (exact) mass is 216 g/mol. The number of rotatable bonds is 1. The van der Waals surface area contributed by atoms with Crippen LogP contribution in [0.15, 0.2) is 23.4 Å². The van der Waals surface area contributed by atoms with Gasteiger partial charge in [0.1, 0.15) is 5.65 Å². The SMILES string of the molecule is O=S(O)c1c[nH]c2nccc(Cl)c12. The van der Waals surface area contributed by atoms with Gasteiger partial charge in [-0.05, 0) is 6.07 Å². The highest BCUT2D eigenvalue weighted by Gasteiger charge is 2.11. The summed E-state index contributed by atoms with van der Waals surface area (Å²) < 4.78 is 19.7. The van der Waals surface area contributed by atoms with Crippen LogP contribution in [-0.4, -0.2) is 18.7 Å². The van der Waals surface area contributed by atoms with Crippen molar-refractivity contribution in [3.05, 3.63) is 23.5 Å². The van der Waals surface area contributed by atoms with Gasteiger partial charge in [0.2, 0.25) is 0 Å². The van der Waals surface area contributed by atoms with Crippen LogP contribution < -0.4 is 0 Å². The zero-order valence-electron chi connectivity index (χ0n) is 6.32. The third kappa shape index (κ3) is 1.35. The summed E-state index contributed by atoms with van der Waals surface area (Å²) in [5.74, 6) is 0. The van der Waals surface area contributed by atoms with E-state index in [0.29, 0.717) is 16.1 Å². The molecule has 0 aliphatic rings. The Kier molecular flexibility index (Phi) is 2.07. The molecule has 2 aromatic rings. The molecule has 6 heteroatoms. The molecule has 4 nitrogen and oxygen atoms in total. The molecule has 68 valence electrons. The lowest BCUT2D eigenvalue weighted by Crippen LogP contribution is -1.86. The first-order valence-corrected chi connectivity index (χ1v) is 4.91. The summed E-state index contributed by atoms with van der Waals surface area (Å²) in [5, 5.41) is 0.925. The summed E-state index contributed by atoms with van der Waals surface area (Å²) in [6.07, 6.45) is 2.96. The van der Waals surface area contributed by atoms with Crippen LogP contribution in [-0.2, 0) is 11.1 Å². The Labute approximate surface area is 81.2 Å². The quantitative estimate of drug-likeness (QED) is 0.715. The number of nitrogens with one attached hydrogen (secondary N) is 1. The van der Waals surface area contributed by atoms with Crippen LogP contribution in [0.4, 0.5) is 0 Å². The van der Waals surface area contributed by atoms with Crippen LogP contribution in [0, 0.1) is 0 Å². The molecule has 1 unspecified atom stereocenters. The summed E-state index contributed by atoms with van der Waals surface area (Å²) >= 11 is 3.80. The number of hydrogen-bond acceptors (Lipinski definition) is 2. The topological polar surface area (TPSA) is 66.0 Å². The van der Waals surface area contributed by atoms with E-state index in [-0.39, 0.29) is 4.90 Å². The van der Waals surface area contributed by atoms with Crippen molar-refractivity contribution in [3.8, 4) is 0 Å². The standard InChI is InChI=1S/C7H5ClN2O2S/c8-4-1-2-9-7-6(4)5(3-10-7)13(11)12/h1-3H,(H,9,10)(H,11,12). The van der Waals surface area contributed by atoms with Gasteiger partial charge in [-0.2, -0.15) is 0 Å². The minimum Gasteiger partial charge on any atom is -0.345 e. The molecule has 0 fully saturated rings. The van der Waals surface area contributed by atoms with Gasteiger partial charge in [0, 0.05) is 12.4 Å². The molecule has 2 N–H and O–H groups in total. The van der Waals surface area contributed by atoms with Crippen LogP contribution in [0.3, 0.4) is 0 Å². The van der Waals surface area contributed by atoms with Crippen molar-refractivity contribution in [1.29, 1.82) is 0 Å². The van der Waals surface area contributed by atoms with E-state index < -0.39 is 11.1 Å². The lowest BCUT2D eigenvalue weighted by atomic mass is 10.3. The molecule has 13 heavy (non-hydrogen) atoms. The van der Waals surface area contributed by atoms with Crippen molar-refractivity contribution in [1.82, 2.24) is 9.97 Å². The van der Waals surface area contributed by atoms with Crippen LogP contribution in [0.1, 0.15) is 0 Å². The van der Waals surface area contributed by atoms with E-state index in [1.165, 1.54) is 12.4 Å². The number of halogens is 1. The second kappa shape index (κ2) is 3.10. The summed E-state index contributed by atoms with van der Waals surface area (Å²) in [5.41, 5.74) is 0.518. The first-order chi connectivity index (χ1) is 6.20. The lowest BCUT2D eigenvalue weighted by molar-refractivity contribution is 0.565. The Hall–Kier alpha value is -0.910. The number of hydrogen-bond donors (Lipinski definition) is 2. The highest BCUT2D eigenvalue weighted by molar-refractivity contribution is 7.79. The molecular weight excluding hydrogens is 212 g/mol. The number of aromatic nitrogens is 2. The van der Waals surface area contributed by atoms with E-state index in [2.05, 4.69) is 9.97 Å². The van der Waals surface area contributed by atoms with Crippen LogP contribution >= 0.6 is 11.6 Å². The normalized spacial score (nSPS) is 13.4. The average Bonchev–Trinajstić information content (AvgIpc) is 2.49. The number of aromatic amines is 1. The number of pyridine rings is 1. The van der Waals surface area contributed by atoms with Gasteiger partial charge in [-0.15, -0.1) is 0 Å². The predicted molar refractivity (Wildman–Crippen MR) is 50.1 cm³/mol. The molecule has 0 aliphatic carbocycles. The van der Waals surface area contributed by atoms with Crippen LogP contribution in [0.25, 0.3) is 11.0 Å². The van der Waals surface area contributed by atoms with Crippen LogP contribution in [0.5, 0.6) is 0 Å². The van der Waals surface area contributed by atoms with Crippen molar-refractivity contribution < 1.29 is 8.76 Å². The minimum absolute atomic E-state index is 0.258. The summed E-state index contributed by atoms with van der Waals surface area (Å²) in [4.78, 5) is 6.98. The Balaban J connectivity index is 2.86. The van der Waals surface area contributed by atoms with Gasteiger partial charge in [0.15, 0.2) is 11.1 Å². The Morgan fingerprint density at radius 2 is 2.38 bits per heavy atom. The van der Waals surface area contributed by atoms with E-state index in [0.717, 1.165) is 0 Å². The highest BCUT2D eigenvalue weighted by atomic mass is 35.5. The van der Waals surface area contributed by atoms with E-state index >= 15 is 0 Å². The predicted octanol–water partition coefficient (Wildman–Crippen LogP) is 1.80. The molecule has 0 saturated heterocycles. The second-order valence-electron chi connectivity index (χ2n) is 2.42. The molecular formula is C7H5ClN2O2S. The molecule has 0 radical (unpaired) electrons. The van der Waals surface area contributed by atoms with E-state index in [9.17, 15) is 4.21 Å². The lowest BCUT2D eigenvalue weighted by Gasteiger charge is -1.94. The molecule has 0 spiro atoms. The number of nitrogens with zero attached hydrogens (tertiary/aromatic N) is 1. The summed E-state index contributed by atoms with van der Waals surface area (Å²) in [7, 11) is 0. The maximum absolute atomic E-state index is 10.8. The van der Waals surface area contributed by atoms with Crippen molar-refractivity contribution >= 4 is 33.7 Å². The molecule has 0 amide bonds. The van der Waals surface area contributed by atoms with E-state index in [4.69, 9.17) is 16.2 Å². The van der Waals surface area contributed by atoms with Crippen molar-refractivity contribution in [2.75, 3.05) is 0 Å². The molecule has 0 bridgehead atoms. The molecule has 2 heterocycles. The van der Waals surface area contributed by atoms with Gasteiger partial charge in [-0.1, -0.05) is 11.6 Å². The number of fused-ring (bicyclic) bond motifs is 1.